The third kappa shape index (κ3) is 2.25. The molecule has 0 amide bonds. The number of nitrogens with two attached hydrogens (primary N) is 1. The lowest BCUT2D eigenvalue weighted by Crippen LogP contribution is -2.14. The zero-order valence-electron chi connectivity index (χ0n) is 8.16. The van der Waals surface area contributed by atoms with Crippen LogP contribution in [0.4, 0.5) is 4.39 Å². The van der Waals surface area contributed by atoms with Crippen molar-refractivity contribution in [2.24, 2.45) is 11.7 Å². The second-order valence-corrected chi connectivity index (χ2v) is 3.89. The maximum Gasteiger partial charge on any atom is 0.128 e. The van der Waals surface area contributed by atoms with Gasteiger partial charge in [0, 0.05) is 11.6 Å². The van der Waals surface area contributed by atoms with Gasteiger partial charge in [-0.15, -0.1) is 12.4 Å². The smallest absolute Gasteiger partial charge is 0.128 e. The van der Waals surface area contributed by atoms with E-state index in [1.165, 1.54) is 0 Å². The molecule has 1 aromatic carbocycles. The van der Waals surface area contributed by atoms with Gasteiger partial charge in [0.1, 0.15) is 5.82 Å². The van der Waals surface area contributed by atoms with Crippen molar-refractivity contribution in [3.63, 3.8) is 0 Å². The Hall–Kier alpha value is -0.600. The average Bonchev–Trinajstić information content (AvgIpc) is 2.85. The van der Waals surface area contributed by atoms with E-state index < -0.39 is 0 Å². The standard InChI is InChI=1S/C11H14FN.ClH/c1-7-2-5-9(10(12)6-7)11(13)8-3-4-8;/h2,5-6,8,11H,3-4,13H2,1H3;1H/t11-;/m1./s1. The summed E-state index contributed by atoms with van der Waals surface area (Å²) in [5.74, 6) is 0.358. The molecule has 0 heterocycles. The maximum atomic E-state index is 13.4. The van der Waals surface area contributed by atoms with Gasteiger partial charge in [0.05, 0.1) is 0 Å². The van der Waals surface area contributed by atoms with E-state index in [0.717, 1.165) is 18.4 Å². The molecule has 78 valence electrons. The Balaban J connectivity index is 0.000000980. The molecular weight excluding hydrogens is 201 g/mol. The molecule has 0 aromatic heterocycles. The molecule has 2 N–H and O–H groups in total. The summed E-state index contributed by atoms with van der Waals surface area (Å²) >= 11 is 0. The molecule has 1 atom stereocenters. The van der Waals surface area contributed by atoms with Crippen molar-refractivity contribution in [1.29, 1.82) is 0 Å². The van der Waals surface area contributed by atoms with Crippen molar-refractivity contribution in [3.05, 3.63) is 35.1 Å². The third-order valence-corrected chi connectivity index (χ3v) is 2.64. The summed E-state index contributed by atoms with van der Waals surface area (Å²) in [6.45, 7) is 1.88. The Bertz CT molecular complexity index is 323. The van der Waals surface area contributed by atoms with Crippen LogP contribution in [-0.4, -0.2) is 0 Å². The number of hydrogen-bond acceptors (Lipinski definition) is 1. The van der Waals surface area contributed by atoms with Gasteiger partial charge < -0.3 is 5.73 Å². The third-order valence-electron chi connectivity index (χ3n) is 2.64. The topological polar surface area (TPSA) is 26.0 Å². The van der Waals surface area contributed by atoms with Gasteiger partial charge in [-0.1, -0.05) is 12.1 Å². The van der Waals surface area contributed by atoms with Crippen molar-refractivity contribution in [2.75, 3.05) is 0 Å². The fourth-order valence-electron chi connectivity index (χ4n) is 1.61. The lowest BCUT2D eigenvalue weighted by Gasteiger charge is -2.11. The van der Waals surface area contributed by atoms with E-state index in [4.69, 9.17) is 5.73 Å². The summed E-state index contributed by atoms with van der Waals surface area (Å²) in [6.07, 6.45) is 2.29. The van der Waals surface area contributed by atoms with Crippen LogP contribution in [0.2, 0.25) is 0 Å². The molecule has 0 bridgehead atoms. The molecule has 2 rings (SSSR count). The van der Waals surface area contributed by atoms with Gasteiger partial charge in [0.15, 0.2) is 0 Å². The number of hydrogen-bond donors (Lipinski definition) is 1. The van der Waals surface area contributed by atoms with Crippen molar-refractivity contribution < 1.29 is 4.39 Å². The van der Waals surface area contributed by atoms with E-state index in [1.807, 2.05) is 19.1 Å². The molecule has 3 heteroatoms. The van der Waals surface area contributed by atoms with Crippen molar-refractivity contribution >= 4 is 12.4 Å². The van der Waals surface area contributed by atoms with Crippen molar-refractivity contribution in [3.8, 4) is 0 Å². The Morgan fingerprint density at radius 3 is 2.57 bits per heavy atom. The maximum absolute atomic E-state index is 13.4. The summed E-state index contributed by atoms with van der Waals surface area (Å²) < 4.78 is 13.4. The molecule has 0 spiro atoms. The van der Waals surface area contributed by atoms with Gasteiger partial charge in [0.25, 0.3) is 0 Å². The fraction of sp³-hybridized carbons (Fsp3) is 0.455. The molecule has 1 nitrogen and oxygen atoms in total. The minimum Gasteiger partial charge on any atom is -0.324 e. The Morgan fingerprint density at radius 2 is 2.07 bits per heavy atom. The highest BCUT2D eigenvalue weighted by Gasteiger charge is 2.30. The van der Waals surface area contributed by atoms with Crippen LogP contribution in [0.3, 0.4) is 0 Å². The summed E-state index contributed by atoms with van der Waals surface area (Å²) in [4.78, 5) is 0. The average molecular weight is 216 g/mol. The first-order valence-corrected chi connectivity index (χ1v) is 4.70. The van der Waals surface area contributed by atoms with Gasteiger partial charge in [-0.25, -0.2) is 4.39 Å². The molecular formula is C11H15ClFN. The zero-order chi connectivity index (χ0) is 9.42. The predicted molar refractivity (Wildman–Crippen MR) is 58.0 cm³/mol. The van der Waals surface area contributed by atoms with Crippen LogP contribution in [0, 0.1) is 18.7 Å². The molecule has 1 aliphatic carbocycles. The largest absolute Gasteiger partial charge is 0.324 e. The van der Waals surface area contributed by atoms with Crippen molar-refractivity contribution in [2.45, 2.75) is 25.8 Å². The van der Waals surface area contributed by atoms with Crippen LogP contribution >= 0.6 is 12.4 Å². The quantitative estimate of drug-likeness (QED) is 0.807. The van der Waals surface area contributed by atoms with E-state index in [-0.39, 0.29) is 24.3 Å². The van der Waals surface area contributed by atoms with E-state index in [0.29, 0.717) is 11.5 Å². The van der Waals surface area contributed by atoms with Gasteiger partial charge in [0.2, 0.25) is 0 Å². The summed E-state index contributed by atoms with van der Waals surface area (Å²) in [5, 5.41) is 0. The first-order valence-electron chi connectivity index (χ1n) is 4.70. The van der Waals surface area contributed by atoms with E-state index in [9.17, 15) is 4.39 Å². The number of rotatable bonds is 2. The molecule has 0 radical (unpaired) electrons. The van der Waals surface area contributed by atoms with Gasteiger partial charge in [-0.05, 0) is 37.3 Å². The first kappa shape index (κ1) is 11.5. The minimum atomic E-state index is -0.153. The summed E-state index contributed by atoms with van der Waals surface area (Å²) in [6, 6.07) is 5.19. The zero-order valence-corrected chi connectivity index (χ0v) is 8.98. The van der Waals surface area contributed by atoms with Crippen LogP contribution in [0.15, 0.2) is 18.2 Å². The van der Waals surface area contributed by atoms with Crippen molar-refractivity contribution in [1.82, 2.24) is 0 Å². The molecule has 1 aromatic rings. The number of benzene rings is 1. The van der Waals surface area contributed by atoms with E-state index >= 15 is 0 Å². The highest BCUT2D eigenvalue weighted by molar-refractivity contribution is 5.85. The Kier molecular flexibility index (Phi) is 3.51. The lowest BCUT2D eigenvalue weighted by atomic mass is 10.0. The molecule has 1 fully saturated rings. The number of aryl methyl sites for hydroxylation is 1. The van der Waals surface area contributed by atoms with Gasteiger partial charge in [-0.2, -0.15) is 0 Å². The van der Waals surface area contributed by atoms with Gasteiger partial charge >= 0.3 is 0 Å². The summed E-state index contributed by atoms with van der Waals surface area (Å²) in [7, 11) is 0. The highest BCUT2D eigenvalue weighted by Crippen LogP contribution is 2.40. The van der Waals surface area contributed by atoms with Crippen LogP contribution < -0.4 is 5.73 Å². The molecule has 1 aliphatic rings. The van der Waals surface area contributed by atoms with Gasteiger partial charge in [-0.3, -0.25) is 0 Å². The monoisotopic (exact) mass is 215 g/mol. The first-order chi connectivity index (χ1) is 6.18. The lowest BCUT2D eigenvalue weighted by molar-refractivity contribution is 0.553. The van der Waals surface area contributed by atoms with Crippen LogP contribution in [0.5, 0.6) is 0 Å². The normalized spacial score (nSPS) is 17.4. The molecule has 0 aliphatic heterocycles. The second kappa shape index (κ2) is 4.28. The van der Waals surface area contributed by atoms with Crippen LogP contribution in [0.1, 0.15) is 30.0 Å². The number of halogens is 2. The molecule has 0 saturated heterocycles. The fourth-order valence-corrected chi connectivity index (χ4v) is 1.61. The highest BCUT2D eigenvalue weighted by atomic mass is 35.5. The Morgan fingerprint density at radius 1 is 1.43 bits per heavy atom. The second-order valence-electron chi connectivity index (χ2n) is 3.89. The predicted octanol–water partition coefficient (Wildman–Crippen LogP) is 2.97. The molecule has 0 unspecified atom stereocenters. The van der Waals surface area contributed by atoms with E-state index in [1.54, 1.807) is 6.07 Å². The minimum absolute atomic E-state index is 0. The molecule has 1 saturated carbocycles. The van der Waals surface area contributed by atoms with E-state index in [2.05, 4.69) is 0 Å². The SMILES string of the molecule is Cc1ccc([C@H](N)C2CC2)c(F)c1.Cl. The molecule has 14 heavy (non-hydrogen) atoms. The summed E-state index contributed by atoms with van der Waals surface area (Å²) in [5.41, 5.74) is 7.53. The Labute approximate surface area is 89.9 Å². The van der Waals surface area contributed by atoms with Crippen LogP contribution in [-0.2, 0) is 0 Å². The van der Waals surface area contributed by atoms with Crippen LogP contribution in [0.25, 0.3) is 0 Å².